The van der Waals surface area contributed by atoms with Crippen molar-refractivity contribution in [2.24, 2.45) is 0 Å². The number of methoxy groups -OCH3 is 2. The van der Waals surface area contributed by atoms with Crippen LogP contribution in [0, 0.1) is 5.82 Å². The minimum atomic E-state index is -0.343. The van der Waals surface area contributed by atoms with Crippen molar-refractivity contribution < 1.29 is 28.1 Å². The van der Waals surface area contributed by atoms with Gasteiger partial charge in [0.1, 0.15) is 17.3 Å². The molecule has 0 radical (unpaired) electrons. The number of benzene rings is 2. The van der Waals surface area contributed by atoms with E-state index in [2.05, 4.69) is 0 Å². The van der Waals surface area contributed by atoms with Gasteiger partial charge in [-0.3, -0.25) is 9.69 Å². The molecule has 0 atom stereocenters. The number of carbonyl (C=O) groups is 1. The molecule has 0 saturated carbocycles. The fourth-order valence-electron chi connectivity index (χ4n) is 3.76. The van der Waals surface area contributed by atoms with E-state index in [1.54, 1.807) is 31.3 Å². The van der Waals surface area contributed by atoms with Crippen LogP contribution in [0.15, 0.2) is 30.3 Å². The number of morpholine rings is 1. The van der Waals surface area contributed by atoms with Crippen molar-refractivity contribution in [1.82, 2.24) is 9.80 Å². The molecule has 7 nitrogen and oxygen atoms in total. The minimum absolute atomic E-state index is 0.0276. The molecule has 2 aromatic rings. The number of amides is 1. The second-order valence-electron chi connectivity index (χ2n) is 7.31. The second kappa shape index (κ2) is 8.89. The third-order valence-corrected chi connectivity index (χ3v) is 5.32. The van der Waals surface area contributed by atoms with E-state index in [1.807, 2.05) is 11.0 Å². The van der Waals surface area contributed by atoms with Gasteiger partial charge in [0.05, 0.1) is 34.0 Å². The molecule has 1 amide bonds. The van der Waals surface area contributed by atoms with Crippen LogP contribution in [0.3, 0.4) is 0 Å². The summed E-state index contributed by atoms with van der Waals surface area (Å²) in [6.07, 6.45) is 0. The van der Waals surface area contributed by atoms with Crippen LogP contribution in [0.4, 0.5) is 4.39 Å². The molecule has 2 aliphatic heterocycles. The van der Waals surface area contributed by atoms with Crippen molar-refractivity contribution in [2.75, 3.05) is 47.1 Å². The van der Waals surface area contributed by atoms with E-state index in [4.69, 9.17) is 18.9 Å². The Hall–Kier alpha value is -2.84. The molecular weight excluding hydrogens is 391 g/mol. The Balaban J connectivity index is 1.68. The summed E-state index contributed by atoms with van der Waals surface area (Å²) >= 11 is 0. The quantitative estimate of drug-likeness (QED) is 0.764. The fraction of sp³-hybridized carbons (Fsp3) is 0.409. The monoisotopic (exact) mass is 416 g/mol. The van der Waals surface area contributed by atoms with E-state index in [0.29, 0.717) is 68.0 Å². The van der Waals surface area contributed by atoms with Gasteiger partial charge in [-0.1, -0.05) is 0 Å². The molecule has 2 heterocycles. The molecule has 0 bridgehead atoms. The number of fused-ring (bicyclic) bond motifs is 2. The molecule has 0 unspecified atom stereocenters. The average Bonchev–Trinajstić information content (AvgIpc) is 2.75. The van der Waals surface area contributed by atoms with Crippen molar-refractivity contribution in [1.29, 1.82) is 0 Å². The highest BCUT2D eigenvalue weighted by Gasteiger charge is 2.25. The number of hydrogen-bond donors (Lipinski definition) is 0. The van der Waals surface area contributed by atoms with Crippen molar-refractivity contribution >= 4 is 5.91 Å². The first kappa shape index (κ1) is 20.4. The Bertz CT molecular complexity index is 930. The first-order chi connectivity index (χ1) is 14.6. The lowest BCUT2D eigenvalue weighted by Crippen LogP contribution is -2.45. The van der Waals surface area contributed by atoms with E-state index in [1.165, 1.54) is 12.1 Å². The van der Waals surface area contributed by atoms with Gasteiger partial charge in [-0.15, -0.1) is 0 Å². The van der Waals surface area contributed by atoms with Gasteiger partial charge in [0.25, 0.3) is 0 Å². The average molecular weight is 416 g/mol. The lowest BCUT2D eigenvalue weighted by Gasteiger charge is -2.31. The molecule has 0 spiro atoms. The molecule has 1 fully saturated rings. The number of hydrogen-bond acceptors (Lipinski definition) is 6. The Morgan fingerprint density at radius 3 is 2.37 bits per heavy atom. The van der Waals surface area contributed by atoms with Gasteiger partial charge in [0.15, 0.2) is 11.5 Å². The van der Waals surface area contributed by atoms with Gasteiger partial charge in [0.2, 0.25) is 5.91 Å². The first-order valence-corrected chi connectivity index (χ1v) is 9.86. The van der Waals surface area contributed by atoms with Gasteiger partial charge in [0, 0.05) is 43.4 Å². The molecule has 1 saturated heterocycles. The molecule has 0 aliphatic carbocycles. The molecule has 8 heteroatoms. The molecule has 4 rings (SSSR count). The van der Waals surface area contributed by atoms with Gasteiger partial charge in [-0.2, -0.15) is 0 Å². The molecule has 0 N–H and O–H groups in total. The summed E-state index contributed by atoms with van der Waals surface area (Å²) in [4.78, 5) is 16.7. The topological polar surface area (TPSA) is 60.5 Å². The summed E-state index contributed by atoms with van der Waals surface area (Å²) < 4.78 is 36.2. The predicted octanol–water partition coefficient (Wildman–Crippen LogP) is 2.81. The van der Waals surface area contributed by atoms with Gasteiger partial charge >= 0.3 is 0 Å². The van der Waals surface area contributed by atoms with Gasteiger partial charge in [-0.25, -0.2) is 4.39 Å². The van der Waals surface area contributed by atoms with Crippen molar-refractivity contribution in [2.45, 2.75) is 13.1 Å². The van der Waals surface area contributed by atoms with E-state index in [-0.39, 0.29) is 18.3 Å². The lowest BCUT2D eigenvalue weighted by atomic mass is 10.1. The second-order valence-corrected chi connectivity index (χ2v) is 7.31. The first-order valence-electron chi connectivity index (χ1n) is 9.86. The molecule has 2 aromatic carbocycles. The van der Waals surface area contributed by atoms with E-state index in [9.17, 15) is 9.18 Å². The number of carbonyl (C=O) groups excluding carboxylic acids is 1. The third kappa shape index (κ3) is 4.34. The van der Waals surface area contributed by atoms with Crippen LogP contribution in [-0.2, 0) is 22.6 Å². The van der Waals surface area contributed by atoms with Crippen LogP contribution in [0.1, 0.15) is 11.1 Å². The summed E-state index contributed by atoms with van der Waals surface area (Å²) in [7, 11) is 3.13. The maximum Gasteiger partial charge on any atom is 0.236 e. The number of halogens is 1. The Labute approximate surface area is 174 Å². The highest BCUT2D eigenvalue weighted by Crippen LogP contribution is 2.40. The number of nitrogens with zero attached hydrogens (tertiary/aromatic N) is 2. The molecular formula is C22H25FN2O5. The van der Waals surface area contributed by atoms with Crippen LogP contribution >= 0.6 is 0 Å². The van der Waals surface area contributed by atoms with Gasteiger partial charge < -0.3 is 23.8 Å². The largest absolute Gasteiger partial charge is 0.493 e. The summed E-state index contributed by atoms with van der Waals surface area (Å²) in [6.45, 7) is 3.31. The lowest BCUT2D eigenvalue weighted by molar-refractivity contribution is -0.136. The maximum absolute atomic E-state index is 13.9. The predicted molar refractivity (Wildman–Crippen MR) is 108 cm³/mol. The molecule has 30 heavy (non-hydrogen) atoms. The number of ether oxygens (including phenoxy) is 4. The zero-order valence-electron chi connectivity index (χ0n) is 17.2. The fourth-order valence-corrected chi connectivity index (χ4v) is 3.76. The smallest absolute Gasteiger partial charge is 0.236 e. The van der Waals surface area contributed by atoms with Gasteiger partial charge in [-0.05, 0) is 24.3 Å². The molecule has 2 aliphatic rings. The van der Waals surface area contributed by atoms with Crippen LogP contribution < -0.4 is 14.2 Å². The number of rotatable bonds is 4. The van der Waals surface area contributed by atoms with Crippen molar-refractivity contribution in [3.8, 4) is 23.0 Å². The zero-order valence-corrected chi connectivity index (χ0v) is 17.2. The van der Waals surface area contributed by atoms with E-state index < -0.39 is 0 Å². The Kier molecular flexibility index (Phi) is 6.06. The summed E-state index contributed by atoms with van der Waals surface area (Å²) in [6, 6.07) is 8.04. The van der Waals surface area contributed by atoms with Crippen LogP contribution in [0.2, 0.25) is 0 Å². The Morgan fingerprint density at radius 2 is 1.67 bits per heavy atom. The maximum atomic E-state index is 13.9. The highest BCUT2D eigenvalue weighted by atomic mass is 19.1. The molecule has 0 aromatic heterocycles. The Morgan fingerprint density at radius 1 is 1.00 bits per heavy atom. The zero-order chi connectivity index (χ0) is 21.1. The minimum Gasteiger partial charge on any atom is -0.493 e. The third-order valence-electron chi connectivity index (χ3n) is 5.32. The SMILES string of the molecule is COc1cc2c(cc1OC)Oc1ccc(F)cc1CN(CC(=O)N1CCOCC1)C2. The standard InChI is InChI=1S/C22H25FN2O5/c1-27-20-10-16-13-24(14-22(26)25-5-7-29-8-6-25)12-15-9-17(23)3-4-18(15)30-19(16)11-21(20)28-2/h3-4,9-11H,5-8,12-14H2,1-2H3. The van der Waals surface area contributed by atoms with E-state index in [0.717, 1.165) is 5.56 Å². The highest BCUT2D eigenvalue weighted by molar-refractivity contribution is 5.78. The van der Waals surface area contributed by atoms with Crippen molar-refractivity contribution in [3.05, 3.63) is 47.3 Å². The summed E-state index contributed by atoms with van der Waals surface area (Å²) in [5.41, 5.74) is 1.54. The summed E-state index contributed by atoms with van der Waals surface area (Å²) in [5.74, 6) is 1.94. The van der Waals surface area contributed by atoms with Crippen LogP contribution in [0.25, 0.3) is 0 Å². The van der Waals surface area contributed by atoms with Crippen LogP contribution in [-0.4, -0.2) is 62.8 Å². The normalized spacial score (nSPS) is 16.6. The summed E-state index contributed by atoms with van der Waals surface area (Å²) in [5, 5.41) is 0. The van der Waals surface area contributed by atoms with Crippen molar-refractivity contribution in [3.63, 3.8) is 0 Å². The van der Waals surface area contributed by atoms with Crippen LogP contribution in [0.5, 0.6) is 23.0 Å². The molecule has 160 valence electrons. The van der Waals surface area contributed by atoms with E-state index >= 15 is 0 Å².